The number of hydrazone groups is 1. The summed E-state index contributed by atoms with van der Waals surface area (Å²) in [5.74, 6) is 1.55. The maximum absolute atomic E-state index is 12.3. The molecule has 2 aromatic carbocycles. The van der Waals surface area contributed by atoms with Crippen LogP contribution in [0.4, 0.5) is 0 Å². The third-order valence-corrected chi connectivity index (χ3v) is 3.67. The van der Waals surface area contributed by atoms with Crippen molar-refractivity contribution in [3.05, 3.63) is 53.6 Å². The molecule has 2 aromatic rings. The van der Waals surface area contributed by atoms with Crippen LogP contribution in [0.5, 0.6) is 23.0 Å². The van der Waals surface area contributed by atoms with Crippen LogP contribution in [0.1, 0.15) is 15.9 Å². The maximum atomic E-state index is 12.3. The number of carbonyl (C=O) groups excluding carboxylic acids is 1. The van der Waals surface area contributed by atoms with Gasteiger partial charge in [-0.05, 0) is 30.4 Å². The Kier molecular flexibility index (Phi) is 7.25. The molecule has 0 aromatic heterocycles. The first-order valence-corrected chi connectivity index (χ1v) is 8.07. The van der Waals surface area contributed by atoms with Crippen molar-refractivity contribution < 1.29 is 23.7 Å². The van der Waals surface area contributed by atoms with Gasteiger partial charge < -0.3 is 18.9 Å². The van der Waals surface area contributed by atoms with Gasteiger partial charge in [-0.3, -0.25) is 4.79 Å². The predicted molar refractivity (Wildman–Crippen MR) is 104 cm³/mol. The summed E-state index contributed by atoms with van der Waals surface area (Å²) in [5.41, 5.74) is 3.68. The second-order valence-corrected chi connectivity index (χ2v) is 5.23. The molecule has 0 aliphatic rings. The van der Waals surface area contributed by atoms with Crippen LogP contribution >= 0.6 is 0 Å². The van der Waals surface area contributed by atoms with Crippen LogP contribution in [0.15, 0.2) is 47.6 Å². The molecule has 0 fully saturated rings. The zero-order valence-electron chi connectivity index (χ0n) is 15.7. The average molecular weight is 370 g/mol. The summed E-state index contributed by atoms with van der Waals surface area (Å²) < 4.78 is 21.0. The number of ether oxygens (including phenoxy) is 4. The Balaban J connectivity index is 2.07. The number of rotatable bonds is 8. The summed E-state index contributed by atoms with van der Waals surface area (Å²) in [4.78, 5) is 12.3. The summed E-state index contributed by atoms with van der Waals surface area (Å²) >= 11 is 0. The quantitative estimate of drug-likeness (QED) is 0.570. The Bertz CT molecular complexity index is 821. The molecule has 0 spiro atoms. The van der Waals surface area contributed by atoms with Gasteiger partial charge in [-0.1, -0.05) is 18.2 Å². The number of nitrogens with zero attached hydrogens (tertiary/aromatic N) is 1. The molecule has 7 heteroatoms. The molecule has 142 valence electrons. The Hall–Kier alpha value is -3.48. The highest BCUT2D eigenvalue weighted by molar-refractivity contribution is 5.96. The highest BCUT2D eigenvalue weighted by Crippen LogP contribution is 2.38. The number of nitrogens with one attached hydrogen (secondary N) is 1. The third kappa shape index (κ3) is 5.01. The van der Waals surface area contributed by atoms with Gasteiger partial charge in [0.2, 0.25) is 5.75 Å². The minimum Gasteiger partial charge on any atom is -0.496 e. The van der Waals surface area contributed by atoms with Crippen LogP contribution in [0.25, 0.3) is 6.08 Å². The van der Waals surface area contributed by atoms with E-state index in [1.165, 1.54) is 27.5 Å². The van der Waals surface area contributed by atoms with Gasteiger partial charge in [-0.2, -0.15) is 5.10 Å². The standard InChI is InChI=1S/C20H22N2O5/c1-24-16-10-6-5-8-14(16)9-7-11-21-22-20(23)15-12-17(25-2)19(27-4)18(13-15)26-3/h5-13H,1-4H3,(H,22,23)/b9-7+,21-11+. The van der Waals surface area contributed by atoms with Gasteiger partial charge in [0.1, 0.15) is 5.75 Å². The topological polar surface area (TPSA) is 78.4 Å². The van der Waals surface area contributed by atoms with E-state index in [1.807, 2.05) is 30.3 Å². The molecule has 27 heavy (non-hydrogen) atoms. The average Bonchev–Trinajstić information content (AvgIpc) is 2.72. The molecule has 1 N–H and O–H groups in total. The second-order valence-electron chi connectivity index (χ2n) is 5.23. The number of allylic oxidation sites excluding steroid dienone is 1. The van der Waals surface area contributed by atoms with Crippen molar-refractivity contribution in [1.29, 1.82) is 0 Å². The Morgan fingerprint density at radius 3 is 2.15 bits per heavy atom. The fraction of sp³-hybridized carbons (Fsp3) is 0.200. The van der Waals surface area contributed by atoms with Crippen molar-refractivity contribution in [1.82, 2.24) is 5.43 Å². The number of carbonyl (C=O) groups is 1. The lowest BCUT2D eigenvalue weighted by Crippen LogP contribution is -2.17. The van der Waals surface area contributed by atoms with E-state index in [0.717, 1.165) is 11.3 Å². The molecule has 0 aliphatic heterocycles. The summed E-state index contributed by atoms with van der Waals surface area (Å²) in [6.07, 6.45) is 5.00. The van der Waals surface area contributed by atoms with Crippen molar-refractivity contribution in [2.45, 2.75) is 0 Å². The van der Waals surface area contributed by atoms with Crippen molar-refractivity contribution in [2.75, 3.05) is 28.4 Å². The van der Waals surface area contributed by atoms with Crippen LogP contribution in [-0.2, 0) is 0 Å². The van der Waals surface area contributed by atoms with Crippen molar-refractivity contribution >= 4 is 18.2 Å². The van der Waals surface area contributed by atoms with Gasteiger partial charge in [0.05, 0.1) is 28.4 Å². The number of hydrogen-bond acceptors (Lipinski definition) is 6. The highest BCUT2D eigenvalue weighted by Gasteiger charge is 2.16. The van der Waals surface area contributed by atoms with Gasteiger partial charge in [0, 0.05) is 17.3 Å². The van der Waals surface area contributed by atoms with Crippen LogP contribution in [-0.4, -0.2) is 40.6 Å². The van der Waals surface area contributed by atoms with Crippen molar-refractivity contribution in [3.63, 3.8) is 0 Å². The van der Waals surface area contributed by atoms with E-state index in [-0.39, 0.29) is 0 Å². The summed E-state index contributed by atoms with van der Waals surface area (Å²) in [7, 11) is 6.08. The number of benzene rings is 2. The second kappa shape index (κ2) is 9.86. The lowest BCUT2D eigenvalue weighted by molar-refractivity contribution is 0.0954. The largest absolute Gasteiger partial charge is 0.496 e. The Morgan fingerprint density at radius 2 is 1.56 bits per heavy atom. The van der Waals surface area contributed by atoms with Crippen molar-refractivity contribution in [2.24, 2.45) is 5.10 Å². The number of amides is 1. The molecule has 0 saturated heterocycles. The lowest BCUT2D eigenvalue weighted by atomic mass is 10.1. The maximum Gasteiger partial charge on any atom is 0.271 e. The first-order chi connectivity index (χ1) is 13.1. The fourth-order valence-electron chi connectivity index (χ4n) is 2.37. The van der Waals surface area contributed by atoms with Crippen LogP contribution in [0.3, 0.4) is 0 Å². The Labute approximate surface area is 158 Å². The summed E-state index contributed by atoms with van der Waals surface area (Å²) in [6.45, 7) is 0. The van der Waals surface area contributed by atoms with Crippen LogP contribution in [0.2, 0.25) is 0 Å². The molecule has 0 aliphatic carbocycles. The molecular weight excluding hydrogens is 348 g/mol. The molecule has 1 amide bonds. The van der Waals surface area contributed by atoms with Gasteiger partial charge in [0.25, 0.3) is 5.91 Å². The van der Waals surface area contributed by atoms with E-state index < -0.39 is 5.91 Å². The monoisotopic (exact) mass is 370 g/mol. The zero-order chi connectivity index (χ0) is 19.6. The molecule has 0 saturated carbocycles. The van der Waals surface area contributed by atoms with Gasteiger partial charge in [-0.25, -0.2) is 5.43 Å². The minimum absolute atomic E-state index is 0.329. The van der Waals surface area contributed by atoms with E-state index >= 15 is 0 Å². The molecule has 7 nitrogen and oxygen atoms in total. The van der Waals surface area contributed by atoms with Gasteiger partial charge >= 0.3 is 0 Å². The summed E-state index contributed by atoms with van der Waals surface area (Å²) in [6, 6.07) is 10.7. The van der Waals surface area contributed by atoms with E-state index in [2.05, 4.69) is 10.5 Å². The van der Waals surface area contributed by atoms with Gasteiger partial charge in [0.15, 0.2) is 11.5 Å². The Morgan fingerprint density at radius 1 is 0.926 bits per heavy atom. The molecule has 0 radical (unpaired) electrons. The molecular formula is C20H22N2O5. The van der Waals surface area contributed by atoms with E-state index in [1.54, 1.807) is 25.3 Å². The van der Waals surface area contributed by atoms with E-state index in [9.17, 15) is 4.79 Å². The first-order valence-electron chi connectivity index (χ1n) is 8.07. The van der Waals surface area contributed by atoms with Crippen LogP contribution in [0, 0.1) is 0 Å². The number of para-hydroxylation sites is 1. The highest BCUT2D eigenvalue weighted by atomic mass is 16.5. The molecule has 0 unspecified atom stereocenters. The SMILES string of the molecule is COc1ccccc1/C=C/C=N/NC(=O)c1cc(OC)c(OC)c(OC)c1. The molecule has 2 rings (SSSR count). The third-order valence-electron chi connectivity index (χ3n) is 3.67. The number of methoxy groups -OCH3 is 4. The first kappa shape index (κ1) is 19.8. The molecule has 0 bridgehead atoms. The molecule has 0 heterocycles. The van der Waals surface area contributed by atoms with Crippen molar-refractivity contribution in [3.8, 4) is 23.0 Å². The van der Waals surface area contributed by atoms with Crippen LogP contribution < -0.4 is 24.4 Å². The lowest BCUT2D eigenvalue weighted by Gasteiger charge is -2.13. The minimum atomic E-state index is -0.406. The number of hydrogen-bond donors (Lipinski definition) is 1. The zero-order valence-corrected chi connectivity index (χ0v) is 15.7. The van der Waals surface area contributed by atoms with Gasteiger partial charge in [-0.15, -0.1) is 0 Å². The van der Waals surface area contributed by atoms with E-state index in [4.69, 9.17) is 18.9 Å². The van der Waals surface area contributed by atoms with E-state index in [0.29, 0.717) is 22.8 Å². The molecule has 0 atom stereocenters. The predicted octanol–water partition coefficient (Wildman–Crippen LogP) is 3.15. The fourth-order valence-corrected chi connectivity index (χ4v) is 2.37. The smallest absolute Gasteiger partial charge is 0.271 e. The normalized spacial score (nSPS) is 10.8. The summed E-state index contributed by atoms with van der Waals surface area (Å²) in [5, 5.41) is 3.91.